The van der Waals surface area contributed by atoms with Gasteiger partial charge in [0.05, 0.1) is 0 Å². The average molecular weight is 372 g/mol. The van der Waals surface area contributed by atoms with E-state index < -0.39 is 4.51 Å². The second-order valence-electron chi connectivity index (χ2n) is 2.75. The third-order valence-corrected chi connectivity index (χ3v) is 5.06. The van der Waals surface area contributed by atoms with Gasteiger partial charge >= 0.3 is 0 Å². The predicted octanol–water partition coefficient (Wildman–Crippen LogP) is 3.87. The highest BCUT2D eigenvalue weighted by molar-refractivity contribution is 9.25. The van der Waals surface area contributed by atoms with Gasteiger partial charge in [0.15, 0.2) is 4.51 Å². The van der Waals surface area contributed by atoms with Gasteiger partial charge in [0.1, 0.15) is 3.74 Å². The summed E-state index contributed by atoms with van der Waals surface area (Å²) in [4.78, 5) is 0. The molecule has 1 aromatic carbocycles. The second-order valence-corrected chi connectivity index (χ2v) is 7.15. The van der Waals surface area contributed by atoms with Crippen LogP contribution in [0.3, 0.4) is 0 Å². The highest BCUT2D eigenvalue weighted by atomic mass is 79.9. The third kappa shape index (κ3) is 3.70. The number of hydrogen-bond donors (Lipinski definition) is 0. The molecule has 0 bridgehead atoms. The number of benzene rings is 1. The molecule has 0 aliphatic rings. The van der Waals surface area contributed by atoms with Crippen LogP contribution in [0.15, 0.2) is 30.3 Å². The molecule has 0 spiro atoms. The van der Waals surface area contributed by atoms with Gasteiger partial charge in [-0.25, -0.2) is 5.11 Å². The summed E-state index contributed by atoms with van der Waals surface area (Å²) < 4.78 is -1.48. The average Bonchev–Trinajstić information content (AvgIpc) is 2.05. The topological polar surface area (TPSA) is 19.9 Å². The Kier molecular flexibility index (Phi) is 4.42. The summed E-state index contributed by atoms with van der Waals surface area (Å²) in [5.41, 5.74) is 1.03. The maximum atomic E-state index is 11.8. The Morgan fingerprint density at radius 3 is 2.23 bits per heavy atom. The van der Waals surface area contributed by atoms with Crippen LogP contribution in [0.4, 0.5) is 0 Å². The van der Waals surface area contributed by atoms with Crippen LogP contribution in [0.25, 0.3) is 0 Å². The van der Waals surface area contributed by atoms with Crippen molar-refractivity contribution in [1.29, 1.82) is 0 Å². The normalized spacial score (nSPS) is 15.8. The molecular formula is C9H8Br3O. The molecule has 0 aliphatic heterocycles. The van der Waals surface area contributed by atoms with Crippen molar-refractivity contribution in [3.05, 3.63) is 35.9 Å². The van der Waals surface area contributed by atoms with Crippen LogP contribution in [0.5, 0.6) is 0 Å². The molecule has 4 heteroatoms. The van der Waals surface area contributed by atoms with Gasteiger partial charge in [-0.2, -0.15) is 0 Å². The van der Waals surface area contributed by atoms with E-state index >= 15 is 0 Å². The first-order valence-electron chi connectivity index (χ1n) is 3.74. The molecule has 1 radical (unpaired) electrons. The Labute approximate surface area is 103 Å². The fourth-order valence-corrected chi connectivity index (χ4v) is 1.60. The molecule has 1 nitrogen and oxygen atoms in total. The maximum absolute atomic E-state index is 11.8. The van der Waals surface area contributed by atoms with Gasteiger partial charge in [-0.05, 0) is 21.5 Å². The first kappa shape index (κ1) is 11.7. The monoisotopic (exact) mass is 369 g/mol. The molecule has 0 aromatic heterocycles. The molecule has 1 aromatic rings. The first-order valence-corrected chi connectivity index (χ1v) is 6.36. The summed E-state index contributed by atoms with van der Waals surface area (Å²) in [6.07, 6.45) is 0.439. The van der Waals surface area contributed by atoms with Gasteiger partial charge in [0.2, 0.25) is 0 Å². The lowest BCUT2D eigenvalue weighted by Crippen LogP contribution is -2.28. The Bertz CT molecular complexity index is 259. The Balaban J connectivity index is 2.69. The lowest BCUT2D eigenvalue weighted by Gasteiger charge is -2.19. The zero-order valence-corrected chi connectivity index (χ0v) is 11.5. The smallest absolute Gasteiger partial charge is 0.184 e. The molecule has 0 amide bonds. The molecule has 0 fully saturated rings. The fourth-order valence-electron chi connectivity index (χ4n) is 0.951. The molecule has 71 valence electrons. The minimum absolute atomic E-state index is 0.285. The van der Waals surface area contributed by atoms with E-state index in [0.717, 1.165) is 5.56 Å². The van der Waals surface area contributed by atoms with Gasteiger partial charge in [0, 0.05) is 6.42 Å². The lowest BCUT2D eigenvalue weighted by molar-refractivity contribution is 0.0795. The van der Waals surface area contributed by atoms with Crippen LogP contribution in [0, 0.1) is 0 Å². The van der Waals surface area contributed by atoms with E-state index in [-0.39, 0.29) is 3.74 Å². The van der Waals surface area contributed by atoms with Gasteiger partial charge in [-0.15, -0.1) is 0 Å². The standard InChI is InChI=1S/C9H8Br3O/c10-8(11)9(12,13)6-7-4-2-1-3-5-7/h1-5,8H,6H2. The fraction of sp³-hybridized carbons (Fsp3) is 0.333. The first-order chi connectivity index (χ1) is 6.02. The summed E-state index contributed by atoms with van der Waals surface area (Å²) in [6, 6.07) is 9.67. The Morgan fingerprint density at radius 1 is 1.23 bits per heavy atom. The highest BCUT2D eigenvalue weighted by Crippen LogP contribution is 2.33. The van der Waals surface area contributed by atoms with E-state index in [9.17, 15) is 5.11 Å². The largest absolute Gasteiger partial charge is 0.214 e. The van der Waals surface area contributed by atoms with E-state index in [4.69, 9.17) is 0 Å². The minimum Gasteiger partial charge on any atom is -0.214 e. The quantitative estimate of drug-likeness (QED) is 0.719. The van der Waals surface area contributed by atoms with E-state index in [0.29, 0.717) is 6.42 Å². The maximum Gasteiger partial charge on any atom is 0.184 e. The van der Waals surface area contributed by atoms with Crippen molar-refractivity contribution >= 4 is 47.8 Å². The van der Waals surface area contributed by atoms with Crippen LogP contribution in [-0.4, -0.2) is 8.25 Å². The van der Waals surface area contributed by atoms with Crippen LogP contribution >= 0.6 is 47.8 Å². The molecule has 0 aliphatic carbocycles. The van der Waals surface area contributed by atoms with Crippen molar-refractivity contribution in [3.63, 3.8) is 0 Å². The van der Waals surface area contributed by atoms with E-state index in [1.54, 1.807) is 0 Å². The van der Waals surface area contributed by atoms with E-state index in [1.165, 1.54) is 0 Å². The molecule has 13 heavy (non-hydrogen) atoms. The van der Waals surface area contributed by atoms with Crippen molar-refractivity contribution in [2.75, 3.05) is 0 Å². The van der Waals surface area contributed by atoms with Gasteiger partial charge in [-0.1, -0.05) is 62.2 Å². The zero-order valence-electron chi connectivity index (χ0n) is 6.71. The molecule has 0 N–H and O–H groups in total. The number of alkyl halides is 3. The Hall–Kier alpha value is 0.620. The molecule has 0 saturated carbocycles. The van der Waals surface area contributed by atoms with Gasteiger partial charge in [-0.3, -0.25) is 0 Å². The summed E-state index contributed by atoms with van der Waals surface area (Å²) in [6.45, 7) is 0. The van der Waals surface area contributed by atoms with Crippen molar-refractivity contribution < 1.29 is 5.11 Å². The SMILES string of the molecule is [O]C(Br)(Cc1ccccc1)C(Br)Br. The number of rotatable bonds is 3. The van der Waals surface area contributed by atoms with Crippen LogP contribution < -0.4 is 0 Å². The third-order valence-electron chi connectivity index (χ3n) is 1.61. The number of halogens is 3. The lowest BCUT2D eigenvalue weighted by atomic mass is 10.1. The molecule has 1 unspecified atom stereocenters. The van der Waals surface area contributed by atoms with Crippen molar-refractivity contribution in [2.24, 2.45) is 0 Å². The molecule has 1 atom stereocenters. The van der Waals surface area contributed by atoms with Crippen molar-refractivity contribution in [3.8, 4) is 0 Å². The molecule has 0 saturated heterocycles. The predicted molar refractivity (Wildman–Crippen MR) is 64.1 cm³/mol. The molecule has 1 rings (SSSR count). The highest BCUT2D eigenvalue weighted by Gasteiger charge is 2.32. The summed E-state index contributed by atoms with van der Waals surface area (Å²) in [5.74, 6) is 0. The van der Waals surface area contributed by atoms with Gasteiger partial charge in [0.25, 0.3) is 0 Å². The molecule has 0 heterocycles. The van der Waals surface area contributed by atoms with Crippen LogP contribution in [-0.2, 0) is 11.5 Å². The van der Waals surface area contributed by atoms with E-state index in [1.807, 2.05) is 30.3 Å². The summed E-state index contributed by atoms with van der Waals surface area (Å²) >= 11 is 9.56. The second kappa shape index (κ2) is 4.91. The van der Waals surface area contributed by atoms with Crippen LogP contribution in [0.2, 0.25) is 0 Å². The molecular weight excluding hydrogens is 364 g/mol. The number of hydrogen-bond acceptors (Lipinski definition) is 0. The van der Waals surface area contributed by atoms with Crippen LogP contribution in [0.1, 0.15) is 5.56 Å². The van der Waals surface area contributed by atoms with Crippen molar-refractivity contribution in [1.82, 2.24) is 0 Å². The summed E-state index contributed by atoms with van der Waals surface area (Å²) in [5, 5.41) is 11.8. The van der Waals surface area contributed by atoms with Crippen molar-refractivity contribution in [2.45, 2.75) is 14.7 Å². The Morgan fingerprint density at radius 2 is 1.77 bits per heavy atom. The van der Waals surface area contributed by atoms with E-state index in [2.05, 4.69) is 47.8 Å². The van der Waals surface area contributed by atoms with Gasteiger partial charge < -0.3 is 0 Å². The minimum atomic E-state index is -1.20. The zero-order chi connectivity index (χ0) is 9.90. The summed E-state index contributed by atoms with van der Waals surface area (Å²) in [7, 11) is 0.